The maximum absolute atomic E-state index is 11.6. The van der Waals surface area contributed by atoms with Crippen molar-refractivity contribution < 1.29 is 19.1 Å². The van der Waals surface area contributed by atoms with Crippen molar-refractivity contribution in [3.05, 3.63) is 29.8 Å². The van der Waals surface area contributed by atoms with E-state index in [1.807, 2.05) is 31.2 Å². The van der Waals surface area contributed by atoms with Gasteiger partial charge in [0.05, 0.1) is 26.7 Å². The molecule has 5 heteroatoms. The second-order valence-corrected chi connectivity index (χ2v) is 4.14. The number of carbonyl (C=O) groups is 2. The molecule has 1 atom stereocenters. The molecule has 0 aromatic heterocycles. The Morgan fingerprint density at radius 3 is 2.32 bits per heavy atom. The smallest absolute Gasteiger partial charge is 0.306 e. The van der Waals surface area contributed by atoms with Crippen molar-refractivity contribution in [3.63, 3.8) is 0 Å². The van der Waals surface area contributed by atoms with Crippen LogP contribution in [-0.4, -0.2) is 26.1 Å². The monoisotopic (exact) mass is 265 g/mol. The minimum Gasteiger partial charge on any atom is -0.497 e. The summed E-state index contributed by atoms with van der Waals surface area (Å²) in [6.45, 7) is 1.89. The average molecular weight is 265 g/mol. The second kappa shape index (κ2) is 7.41. The Morgan fingerprint density at radius 1 is 1.16 bits per heavy atom. The molecule has 1 N–H and O–H groups in total. The molecule has 1 aromatic carbocycles. The molecule has 1 aromatic rings. The van der Waals surface area contributed by atoms with Gasteiger partial charge in [-0.1, -0.05) is 12.1 Å². The standard InChI is InChI=1S/C14H19NO4/c1-10(11-4-6-12(18-2)7-5-11)15-13(16)8-9-14(17)19-3/h4-7,10H,8-9H2,1-3H3,(H,15,16). The molecule has 1 rings (SSSR count). The lowest BCUT2D eigenvalue weighted by atomic mass is 10.1. The van der Waals surface area contributed by atoms with E-state index in [0.717, 1.165) is 11.3 Å². The van der Waals surface area contributed by atoms with Crippen molar-refractivity contribution in [2.45, 2.75) is 25.8 Å². The van der Waals surface area contributed by atoms with Crippen molar-refractivity contribution in [1.82, 2.24) is 5.32 Å². The van der Waals surface area contributed by atoms with Crippen LogP contribution in [0.15, 0.2) is 24.3 Å². The van der Waals surface area contributed by atoms with Gasteiger partial charge in [-0.15, -0.1) is 0 Å². The molecule has 0 spiro atoms. The zero-order chi connectivity index (χ0) is 14.3. The summed E-state index contributed by atoms with van der Waals surface area (Å²) in [4.78, 5) is 22.6. The Hall–Kier alpha value is -2.04. The van der Waals surface area contributed by atoms with Crippen molar-refractivity contribution in [2.75, 3.05) is 14.2 Å². The van der Waals surface area contributed by atoms with Gasteiger partial charge in [-0.3, -0.25) is 9.59 Å². The molecule has 0 aliphatic heterocycles. The van der Waals surface area contributed by atoms with Crippen LogP contribution in [0.25, 0.3) is 0 Å². The van der Waals surface area contributed by atoms with Gasteiger partial charge in [0.2, 0.25) is 5.91 Å². The average Bonchev–Trinajstić information content (AvgIpc) is 2.44. The first-order chi connectivity index (χ1) is 9.06. The Morgan fingerprint density at radius 2 is 1.79 bits per heavy atom. The minimum absolute atomic E-state index is 0.0949. The summed E-state index contributed by atoms with van der Waals surface area (Å²) >= 11 is 0. The largest absolute Gasteiger partial charge is 0.497 e. The molecule has 0 fully saturated rings. The van der Waals surface area contributed by atoms with Crippen LogP contribution in [0.4, 0.5) is 0 Å². The summed E-state index contributed by atoms with van der Waals surface area (Å²) < 4.78 is 9.55. The van der Waals surface area contributed by atoms with Gasteiger partial charge >= 0.3 is 5.97 Å². The molecule has 0 aliphatic rings. The predicted octanol–water partition coefficient (Wildman–Crippen LogP) is 1.83. The fourth-order valence-electron chi connectivity index (χ4n) is 1.61. The molecule has 1 amide bonds. The summed E-state index contributed by atoms with van der Waals surface area (Å²) in [6.07, 6.45) is 0.227. The number of amides is 1. The van der Waals surface area contributed by atoms with E-state index in [-0.39, 0.29) is 30.8 Å². The third-order valence-corrected chi connectivity index (χ3v) is 2.78. The quantitative estimate of drug-likeness (QED) is 0.797. The minimum atomic E-state index is -0.382. The summed E-state index contributed by atoms with van der Waals surface area (Å²) in [5.74, 6) is 0.217. The first-order valence-electron chi connectivity index (χ1n) is 6.07. The topological polar surface area (TPSA) is 64.6 Å². The molecular formula is C14H19NO4. The number of rotatable bonds is 6. The van der Waals surface area contributed by atoms with Gasteiger partial charge in [0, 0.05) is 6.42 Å². The van der Waals surface area contributed by atoms with Crippen molar-refractivity contribution >= 4 is 11.9 Å². The normalized spacial score (nSPS) is 11.5. The van der Waals surface area contributed by atoms with Crippen LogP contribution in [0.2, 0.25) is 0 Å². The molecular weight excluding hydrogens is 246 g/mol. The SMILES string of the molecule is COC(=O)CCC(=O)NC(C)c1ccc(OC)cc1. The van der Waals surface area contributed by atoms with E-state index in [0.29, 0.717) is 0 Å². The number of benzene rings is 1. The van der Waals surface area contributed by atoms with Crippen LogP contribution < -0.4 is 10.1 Å². The summed E-state index contributed by atoms with van der Waals surface area (Å²) in [6, 6.07) is 7.35. The Kier molecular flexibility index (Phi) is 5.85. The van der Waals surface area contributed by atoms with E-state index in [4.69, 9.17) is 4.74 Å². The lowest BCUT2D eigenvalue weighted by molar-refractivity contribution is -0.142. The maximum atomic E-state index is 11.6. The molecule has 0 saturated carbocycles. The van der Waals surface area contributed by atoms with Crippen LogP contribution in [0.5, 0.6) is 5.75 Å². The number of esters is 1. The van der Waals surface area contributed by atoms with Gasteiger partial charge in [0.1, 0.15) is 5.75 Å². The zero-order valence-electron chi connectivity index (χ0n) is 11.4. The first-order valence-corrected chi connectivity index (χ1v) is 6.07. The second-order valence-electron chi connectivity index (χ2n) is 4.14. The van der Waals surface area contributed by atoms with Gasteiger partial charge in [-0.05, 0) is 24.6 Å². The Balaban J connectivity index is 2.46. The van der Waals surface area contributed by atoms with E-state index >= 15 is 0 Å². The maximum Gasteiger partial charge on any atom is 0.306 e. The van der Waals surface area contributed by atoms with Crippen molar-refractivity contribution in [1.29, 1.82) is 0 Å². The van der Waals surface area contributed by atoms with Crippen molar-refractivity contribution in [2.24, 2.45) is 0 Å². The van der Waals surface area contributed by atoms with E-state index in [1.54, 1.807) is 7.11 Å². The molecule has 0 bridgehead atoms. The molecule has 0 saturated heterocycles. The molecule has 5 nitrogen and oxygen atoms in total. The lowest BCUT2D eigenvalue weighted by Gasteiger charge is -2.14. The first kappa shape index (κ1) is 15.0. The molecule has 0 heterocycles. The summed E-state index contributed by atoms with van der Waals surface area (Å²) in [7, 11) is 2.91. The van der Waals surface area contributed by atoms with Crippen LogP contribution in [0.3, 0.4) is 0 Å². The Labute approximate surface area is 112 Å². The highest BCUT2D eigenvalue weighted by Gasteiger charge is 2.11. The molecule has 104 valence electrons. The third-order valence-electron chi connectivity index (χ3n) is 2.78. The third kappa shape index (κ3) is 4.99. The number of hydrogen-bond acceptors (Lipinski definition) is 4. The van der Waals surface area contributed by atoms with Gasteiger partial charge < -0.3 is 14.8 Å². The lowest BCUT2D eigenvalue weighted by Crippen LogP contribution is -2.27. The molecule has 0 aliphatic carbocycles. The van der Waals surface area contributed by atoms with E-state index in [2.05, 4.69) is 10.1 Å². The highest BCUT2D eigenvalue weighted by atomic mass is 16.5. The van der Waals surface area contributed by atoms with Crippen LogP contribution in [-0.2, 0) is 14.3 Å². The zero-order valence-corrected chi connectivity index (χ0v) is 11.4. The van der Waals surface area contributed by atoms with E-state index in [1.165, 1.54) is 7.11 Å². The fraction of sp³-hybridized carbons (Fsp3) is 0.429. The van der Waals surface area contributed by atoms with Gasteiger partial charge in [0.15, 0.2) is 0 Å². The number of methoxy groups -OCH3 is 2. The highest BCUT2D eigenvalue weighted by Crippen LogP contribution is 2.17. The van der Waals surface area contributed by atoms with E-state index in [9.17, 15) is 9.59 Å². The highest BCUT2D eigenvalue weighted by molar-refractivity contribution is 5.81. The van der Waals surface area contributed by atoms with Gasteiger partial charge in [-0.2, -0.15) is 0 Å². The molecule has 19 heavy (non-hydrogen) atoms. The van der Waals surface area contributed by atoms with Crippen LogP contribution in [0.1, 0.15) is 31.4 Å². The number of carbonyl (C=O) groups excluding carboxylic acids is 2. The van der Waals surface area contributed by atoms with Crippen LogP contribution >= 0.6 is 0 Å². The molecule has 1 unspecified atom stereocenters. The van der Waals surface area contributed by atoms with Crippen LogP contribution in [0, 0.1) is 0 Å². The number of ether oxygens (including phenoxy) is 2. The van der Waals surface area contributed by atoms with Gasteiger partial charge in [0.25, 0.3) is 0 Å². The van der Waals surface area contributed by atoms with Gasteiger partial charge in [-0.25, -0.2) is 0 Å². The number of nitrogens with one attached hydrogen (secondary N) is 1. The van der Waals surface area contributed by atoms with Crippen molar-refractivity contribution in [3.8, 4) is 5.75 Å². The number of hydrogen-bond donors (Lipinski definition) is 1. The molecule has 0 radical (unpaired) electrons. The van der Waals surface area contributed by atoms with E-state index < -0.39 is 0 Å². The predicted molar refractivity (Wildman–Crippen MR) is 70.8 cm³/mol. The summed E-state index contributed by atoms with van der Waals surface area (Å²) in [5.41, 5.74) is 0.979. The fourth-order valence-corrected chi connectivity index (χ4v) is 1.61. The Bertz CT molecular complexity index is 428. The summed E-state index contributed by atoms with van der Waals surface area (Å²) in [5, 5.41) is 2.83.